The Bertz CT molecular complexity index is 923. The molecule has 1 aliphatic rings. The van der Waals surface area contributed by atoms with E-state index >= 15 is 0 Å². The van der Waals surface area contributed by atoms with Crippen LogP contribution in [-0.4, -0.2) is 46.9 Å². The molecule has 29 heavy (non-hydrogen) atoms. The number of nitrogens with zero attached hydrogens (tertiary/aromatic N) is 2. The van der Waals surface area contributed by atoms with E-state index in [1.54, 1.807) is 12.1 Å². The first-order valence-corrected chi connectivity index (χ1v) is 9.71. The molecule has 0 aromatic carbocycles. The van der Waals surface area contributed by atoms with E-state index in [0.717, 1.165) is 16.2 Å². The van der Waals surface area contributed by atoms with Gasteiger partial charge in [-0.2, -0.15) is 0 Å². The molecule has 11 heteroatoms. The summed E-state index contributed by atoms with van der Waals surface area (Å²) in [6.45, 7) is 3.75. The molecule has 10 nitrogen and oxygen atoms in total. The van der Waals surface area contributed by atoms with Crippen molar-refractivity contribution in [3.05, 3.63) is 35.2 Å². The third kappa shape index (κ3) is 4.29. The lowest BCUT2D eigenvalue weighted by Gasteiger charge is -2.25. The van der Waals surface area contributed by atoms with Gasteiger partial charge in [0, 0.05) is 5.38 Å². The lowest BCUT2D eigenvalue weighted by molar-refractivity contribution is -0.134. The molecule has 0 aliphatic carbocycles. The van der Waals surface area contributed by atoms with Crippen LogP contribution in [0.1, 0.15) is 42.6 Å². The van der Waals surface area contributed by atoms with Gasteiger partial charge in [0.1, 0.15) is 11.8 Å². The van der Waals surface area contributed by atoms with Crippen LogP contribution in [0.15, 0.2) is 28.2 Å². The number of imide groups is 1. The highest BCUT2D eigenvalue weighted by atomic mass is 32.1. The van der Waals surface area contributed by atoms with Crippen LogP contribution in [0.25, 0.3) is 0 Å². The summed E-state index contributed by atoms with van der Waals surface area (Å²) >= 11 is 1.04. The van der Waals surface area contributed by atoms with Crippen molar-refractivity contribution in [1.29, 1.82) is 0 Å². The molecule has 0 saturated carbocycles. The number of hydrogen-bond donors (Lipinski definition) is 2. The van der Waals surface area contributed by atoms with Crippen molar-refractivity contribution in [2.24, 2.45) is 5.92 Å². The molecule has 0 spiro atoms. The quantitative estimate of drug-likeness (QED) is 0.518. The van der Waals surface area contributed by atoms with E-state index in [9.17, 15) is 19.2 Å². The number of hydrogen-bond acceptors (Lipinski definition) is 8. The first kappa shape index (κ1) is 20.5. The Hall–Kier alpha value is -3.21. The molecule has 2 aromatic rings. The van der Waals surface area contributed by atoms with E-state index in [-0.39, 0.29) is 28.9 Å². The minimum absolute atomic E-state index is 0.0240. The average Bonchev–Trinajstić information content (AvgIpc) is 3.40. The van der Waals surface area contributed by atoms with Gasteiger partial charge < -0.3 is 19.8 Å². The van der Waals surface area contributed by atoms with Gasteiger partial charge in [0.2, 0.25) is 5.91 Å². The molecule has 0 radical (unpaired) electrons. The fraction of sp³-hybridized carbons (Fsp3) is 0.389. The number of anilines is 1. The summed E-state index contributed by atoms with van der Waals surface area (Å²) < 4.78 is 9.81. The van der Waals surface area contributed by atoms with Crippen molar-refractivity contribution in [2.75, 3.05) is 12.4 Å². The van der Waals surface area contributed by atoms with Gasteiger partial charge in [-0.3, -0.25) is 9.59 Å². The summed E-state index contributed by atoms with van der Waals surface area (Å²) in [5.41, 5.74) is 0.0566. The Morgan fingerprint density at radius 2 is 2.17 bits per heavy atom. The first-order valence-electron chi connectivity index (χ1n) is 8.83. The average molecular weight is 420 g/mol. The second-order valence-corrected chi connectivity index (χ2v) is 7.63. The standard InChI is InChI=1S/C18H20N4O6S/c1-9(2)7-11(14(23)21-17-19-10(8-29-17)16(25)27-3)22-15(24)13(20-18(22)26)12-5-4-6-28-12/h4-6,8-9,11,13H,7H2,1-3H3,(H,20,26)(H,19,21,23)/t11-,13?/m0/s1. The summed E-state index contributed by atoms with van der Waals surface area (Å²) in [7, 11) is 1.23. The van der Waals surface area contributed by atoms with E-state index in [4.69, 9.17) is 4.42 Å². The van der Waals surface area contributed by atoms with Crippen molar-refractivity contribution in [1.82, 2.24) is 15.2 Å². The summed E-state index contributed by atoms with van der Waals surface area (Å²) in [5, 5.41) is 6.73. The molecule has 1 unspecified atom stereocenters. The van der Waals surface area contributed by atoms with E-state index in [1.807, 2.05) is 13.8 Å². The second kappa shape index (κ2) is 8.43. The van der Waals surface area contributed by atoms with Gasteiger partial charge >= 0.3 is 12.0 Å². The Morgan fingerprint density at radius 1 is 1.41 bits per heavy atom. The predicted octanol–water partition coefficient (Wildman–Crippen LogP) is 2.17. The largest absolute Gasteiger partial charge is 0.467 e. The van der Waals surface area contributed by atoms with Crippen LogP contribution in [0.2, 0.25) is 0 Å². The van der Waals surface area contributed by atoms with Gasteiger partial charge in [-0.1, -0.05) is 13.8 Å². The SMILES string of the molecule is COC(=O)c1csc(NC(=O)[C@H](CC(C)C)N2C(=O)NC(c3ccco3)C2=O)n1. The highest BCUT2D eigenvalue weighted by Crippen LogP contribution is 2.27. The van der Waals surface area contributed by atoms with Gasteiger partial charge in [0.15, 0.2) is 16.9 Å². The summed E-state index contributed by atoms with van der Waals surface area (Å²) in [6, 6.07) is 0.482. The lowest BCUT2D eigenvalue weighted by atomic mass is 10.0. The smallest absolute Gasteiger partial charge is 0.357 e. The molecule has 2 aromatic heterocycles. The fourth-order valence-electron chi connectivity index (χ4n) is 2.93. The van der Waals surface area contributed by atoms with Crippen molar-refractivity contribution in [2.45, 2.75) is 32.4 Å². The summed E-state index contributed by atoms with van der Waals surface area (Å²) in [4.78, 5) is 54.7. The van der Waals surface area contributed by atoms with Crippen molar-refractivity contribution in [3.8, 4) is 0 Å². The number of nitrogens with one attached hydrogen (secondary N) is 2. The van der Waals surface area contributed by atoms with Gasteiger partial charge in [0.05, 0.1) is 13.4 Å². The Morgan fingerprint density at radius 3 is 2.79 bits per heavy atom. The topological polar surface area (TPSA) is 131 Å². The molecule has 3 heterocycles. The van der Waals surface area contributed by atoms with Crippen LogP contribution < -0.4 is 10.6 Å². The Kier molecular flexibility index (Phi) is 5.97. The first-order chi connectivity index (χ1) is 13.8. The Labute approximate surface area is 170 Å². The number of carbonyl (C=O) groups excluding carboxylic acids is 4. The molecule has 1 saturated heterocycles. The molecule has 0 bridgehead atoms. The maximum atomic E-state index is 12.9. The minimum atomic E-state index is -1.05. The summed E-state index contributed by atoms with van der Waals surface area (Å²) in [5.74, 6) is -1.46. The monoisotopic (exact) mass is 420 g/mol. The maximum Gasteiger partial charge on any atom is 0.357 e. The fourth-order valence-corrected chi connectivity index (χ4v) is 3.61. The number of urea groups is 1. The van der Waals surface area contributed by atoms with Crippen LogP contribution in [0.5, 0.6) is 0 Å². The van der Waals surface area contributed by atoms with E-state index in [2.05, 4.69) is 20.4 Å². The van der Waals surface area contributed by atoms with Gasteiger partial charge in [-0.25, -0.2) is 19.5 Å². The number of furan rings is 1. The van der Waals surface area contributed by atoms with E-state index in [0.29, 0.717) is 0 Å². The molecule has 3 rings (SSSR count). The molecule has 1 fully saturated rings. The number of amides is 4. The maximum absolute atomic E-state index is 12.9. The van der Waals surface area contributed by atoms with Crippen LogP contribution >= 0.6 is 11.3 Å². The molecule has 2 N–H and O–H groups in total. The summed E-state index contributed by atoms with van der Waals surface area (Å²) in [6.07, 6.45) is 1.65. The number of thiazole rings is 1. The molecular weight excluding hydrogens is 400 g/mol. The van der Waals surface area contributed by atoms with Crippen molar-refractivity contribution < 1.29 is 28.3 Å². The zero-order valence-corrected chi connectivity index (χ0v) is 16.8. The predicted molar refractivity (Wildman–Crippen MR) is 102 cm³/mol. The van der Waals surface area contributed by atoms with Gasteiger partial charge in [-0.05, 0) is 24.5 Å². The minimum Gasteiger partial charge on any atom is -0.467 e. The number of carbonyl (C=O) groups is 4. The Balaban J connectivity index is 1.81. The van der Waals surface area contributed by atoms with Gasteiger partial charge in [0.25, 0.3) is 5.91 Å². The third-order valence-electron chi connectivity index (χ3n) is 4.24. The highest BCUT2D eigenvalue weighted by Gasteiger charge is 2.46. The van der Waals surface area contributed by atoms with Crippen LogP contribution in [0, 0.1) is 5.92 Å². The van der Waals surface area contributed by atoms with Crippen LogP contribution in [0.3, 0.4) is 0 Å². The molecular formula is C18H20N4O6S. The lowest BCUT2D eigenvalue weighted by Crippen LogP contribution is -2.48. The van der Waals surface area contributed by atoms with Crippen molar-refractivity contribution in [3.63, 3.8) is 0 Å². The number of ether oxygens (including phenoxy) is 1. The molecule has 4 amide bonds. The second-order valence-electron chi connectivity index (χ2n) is 6.77. The third-order valence-corrected chi connectivity index (χ3v) is 4.99. The van der Waals surface area contributed by atoms with Crippen LogP contribution in [0.4, 0.5) is 9.93 Å². The number of rotatable bonds is 7. The zero-order chi connectivity index (χ0) is 21.1. The van der Waals surface area contributed by atoms with E-state index < -0.39 is 35.9 Å². The van der Waals surface area contributed by atoms with Gasteiger partial charge in [-0.15, -0.1) is 11.3 Å². The number of methoxy groups -OCH3 is 1. The van der Waals surface area contributed by atoms with Crippen LogP contribution in [-0.2, 0) is 14.3 Å². The zero-order valence-electron chi connectivity index (χ0n) is 16.0. The van der Waals surface area contributed by atoms with E-state index in [1.165, 1.54) is 18.8 Å². The number of aromatic nitrogens is 1. The number of esters is 1. The molecule has 154 valence electrons. The molecule has 1 aliphatic heterocycles. The van der Waals surface area contributed by atoms with Crippen molar-refractivity contribution >= 4 is 40.3 Å². The normalized spacial score (nSPS) is 17.4. The highest BCUT2D eigenvalue weighted by molar-refractivity contribution is 7.14. The molecule has 2 atom stereocenters.